The number of Topliss-reactive ketones (excluding diaryl/α,β-unsaturated/α-hetero) is 2. The molecule has 3 N–H and O–H groups in total. The van der Waals surface area contributed by atoms with Gasteiger partial charge in [-0.2, -0.15) is 0 Å². The number of fused-ring (bicyclic) bond motifs is 1. The van der Waals surface area contributed by atoms with E-state index in [9.17, 15) is 24.0 Å². The zero-order valence-corrected chi connectivity index (χ0v) is 25.5. The molecule has 1 saturated heterocycles. The Labute approximate surface area is 258 Å². The van der Waals surface area contributed by atoms with Crippen LogP contribution in [-0.2, 0) is 19.2 Å². The fourth-order valence-corrected chi connectivity index (χ4v) is 7.06. The molecule has 3 atom stereocenters. The number of ketones is 2. The van der Waals surface area contributed by atoms with Crippen LogP contribution in [0.3, 0.4) is 0 Å². The lowest BCUT2D eigenvalue weighted by Gasteiger charge is -2.29. The predicted octanol–water partition coefficient (Wildman–Crippen LogP) is 4.21. The zero-order chi connectivity index (χ0) is 30.9. The quantitative estimate of drug-likeness (QED) is 0.243. The first-order valence-electron chi connectivity index (χ1n) is 16.5. The van der Waals surface area contributed by atoms with Crippen LogP contribution in [0.25, 0.3) is 11.0 Å². The zero-order valence-electron chi connectivity index (χ0n) is 25.5. The van der Waals surface area contributed by atoms with Gasteiger partial charge in [0.15, 0.2) is 5.78 Å². The Morgan fingerprint density at radius 2 is 1.57 bits per heavy atom. The van der Waals surface area contributed by atoms with E-state index in [1.54, 1.807) is 6.07 Å². The second-order valence-corrected chi connectivity index (χ2v) is 12.9. The molecule has 44 heavy (non-hydrogen) atoms. The summed E-state index contributed by atoms with van der Waals surface area (Å²) >= 11 is 0. The van der Waals surface area contributed by atoms with Gasteiger partial charge in [0.05, 0.1) is 23.3 Å². The van der Waals surface area contributed by atoms with Gasteiger partial charge in [0.2, 0.25) is 17.6 Å². The number of hydrogen-bond acceptors (Lipinski definition) is 7. The van der Waals surface area contributed by atoms with E-state index in [2.05, 4.69) is 25.9 Å². The molecule has 0 unspecified atom stereocenters. The molecular formula is C34H45N5O5. The van der Waals surface area contributed by atoms with Crippen LogP contribution in [-0.4, -0.2) is 57.9 Å². The lowest BCUT2D eigenvalue weighted by Crippen LogP contribution is -2.53. The summed E-state index contributed by atoms with van der Waals surface area (Å²) in [4.78, 5) is 75.6. The lowest BCUT2D eigenvalue weighted by atomic mass is 9.80. The number of carbonyl (C=O) groups excluding carboxylic acids is 5. The van der Waals surface area contributed by atoms with Crippen molar-refractivity contribution in [3.63, 3.8) is 0 Å². The van der Waals surface area contributed by atoms with E-state index in [1.165, 1.54) is 6.20 Å². The summed E-state index contributed by atoms with van der Waals surface area (Å²) in [5, 5.41) is 8.57. The second kappa shape index (κ2) is 15.3. The Morgan fingerprint density at radius 3 is 2.30 bits per heavy atom. The molecule has 236 valence electrons. The number of benzene rings is 1. The first-order valence-corrected chi connectivity index (χ1v) is 16.5. The van der Waals surface area contributed by atoms with Crippen molar-refractivity contribution < 1.29 is 24.0 Å². The molecule has 2 aromatic rings. The maximum absolute atomic E-state index is 14.0. The molecule has 2 heterocycles. The maximum atomic E-state index is 14.0. The van der Waals surface area contributed by atoms with E-state index in [-0.39, 0.29) is 36.3 Å². The van der Waals surface area contributed by atoms with Crippen molar-refractivity contribution in [1.29, 1.82) is 0 Å². The third-order valence-electron chi connectivity index (χ3n) is 9.60. The van der Waals surface area contributed by atoms with Crippen molar-refractivity contribution in [3.05, 3.63) is 36.2 Å². The van der Waals surface area contributed by atoms with Gasteiger partial charge in [0.1, 0.15) is 5.69 Å². The van der Waals surface area contributed by atoms with Gasteiger partial charge in [0, 0.05) is 30.8 Å². The SMILES string of the molecule is O=C(NC1CCCCC1)C(=O)[C@H](C[C@@H]1CCCNC1=O)NC(=O)[C@@H](CC(=O)c1cnc2ccccc2n1)CC1CCCCC1. The summed E-state index contributed by atoms with van der Waals surface area (Å²) < 4.78 is 0. The number of nitrogens with one attached hydrogen (secondary N) is 3. The molecule has 2 aliphatic carbocycles. The monoisotopic (exact) mass is 603 g/mol. The van der Waals surface area contributed by atoms with E-state index in [0.29, 0.717) is 36.3 Å². The standard InChI is InChI=1S/C34H45N5O5/c40-30(29-21-36-26-15-7-8-16-27(26)38-29)20-24(18-22-10-3-1-4-11-22)33(43)39-28(19-23-12-9-17-35-32(23)42)31(41)34(44)37-25-13-5-2-6-14-25/h7-8,15-16,21-25,28H,1-6,9-14,17-20H2,(H,35,42)(H,37,44)(H,39,43)/t23-,24+,28-/m0/s1. The number of piperidine rings is 1. The van der Waals surface area contributed by atoms with E-state index < -0.39 is 35.5 Å². The first-order chi connectivity index (χ1) is 21.4. The van der Waals surface area contributed by atoms with E-state index in [0.717, 1.165) is 70.6 Å². The highest BCUT2D eigenvalue weighted by Gasteiger charge is 2.36. The number of nitrogens with zero attached hydrogens (tertiary/aromatic N) is 2. The number of aromatic nitrogens is 2. The Kier molecular flexibility index (Phi) is 11.1. The molecule has 1 aliphatic heterocycles. The number of amides is 3. The molecule has 1 aromatic heterocycles. The van der Waals surface area contributed by atoms with Crippen molar-refractivity contribution >= 4 is 40.3 Å². The van der Waals surface area contributed by atoms with Gasteiger partial charge in [-0.25, -0.2) is 4.98 Å². The second-order valence-electron chi connectivity index (χ2n) is 12.9. The van der Waals surface area contributed by atoms with Crippen LogP contribution in [0.1, 0.15) is 107 Å². The Balaban J connectivity index is 1.33. The summed E-state index contributed by atoms with van der Waals surface area (Å²) in [6, 6.07) is 6.09. The molecule has 0 radical (unpaired) electrons. The van der Waals surface area contributed by atoms with E-state index in [1.807, 2.05) is 18.2 Å². The van der Waals surface area contributed by atoms with Gasteiger partial charge < -0.3 is 16.0 Å². The van der Waals surface area contributed by atoms with Gasteiger partial charge in [0.25, 0.3) is 5.91 Å². The Bertz CT molecular complexity index is 1350. The molecule has 0 spiro atoms. The van der Waals surface area contributed by atoms with E-state index in [4.69, 9.17) is 0 Å². The third-order valence-corrected chi connectivity index (χ3v) is 9.60. The molecular weight excluding hydrogens is 558 g/mol. The summed E-state index contributed by atoms with van der Waals surface area (Å²) in [5.41, 5.74) is 1.48. The Hall–Kier alpha value is -3.69. The van der Waals surface area contributed by atoms with Crippen molar-refractivity contribution in [1.82, 2.24) is 25.9 Å². The molecule has 5 rings (SSSR count). The van der Waals surface area contributed by atoms with Crippen LogP contribution in [0, 0.1) is 17.8 Å². The molecule has 2 saturated carbocycles. The molecule has 1 aromatic carbocycles. The van der Waals surface area contributed by atoms with Crippen LogP contribution in [0.15, 0.2) is 30.5 Å². The summed E-state index contributed by atoms with van der Waals surface area (Å²) in [5.74, 6) is -3.22. The Morgan fingerprint density at radius 1 is 0.864 bits per heavy atom. The number of para-hydroxylation sites is 2. The normalized spacial score (nSPS) is 21.2. The number of carbonyl (C=O) groups is 5. The van der Waals surface area contributed by atoms with E-state index >= 15 is 0 Å². The minimum atomic E-state index is -1.15. The fraction of sp³-hybridized carbons (Fsp3) is 0.618. The van der Waals surface area contributed by atoms with Crippen molar-refractivity contribution in [2.75, 3.05) is 6.54 Å². The van der Waals surface area contributed by atoms with Crippen LogP contribution < -0.4 is 16.0 Å². The topological polar surface area (TPSA) is 147 Å². The largest absolute Gasteiger partial charge is 0.356 e. The molecule has 3 aliphatic rings. The van der Waals surface area contributed by atoms with Gasteiger partial charge in [-0.1, -0.05) is 63.5 Å². The molecule has 3 amide bonds. The van der Waals surface area contributed by atoms with Gasteiger partial charge >= 0.3 is 0 Å². The van der Waals surface area contributed by atoms with Gasteiger partial charge in [-0.15, -0.1) is 0 Å². The summed E-state index contributed by atoms with van der Waals surface area (Å²) in [7, 11) is 0. The molecule has 3 fully saturated rings. The average Bonchev–Trinajstić information content (AvgIpc) is 3.05. The first kappa shape index (κ1) is 31.7. The maximum Gasteiger partial charge on any atom is 0.289 e. The van der Waals surface area contributed by atoms with Crippen molar-refractivity contribution in [3.8, 4) is 0 Å². The predicted molar refractivity (Wildman–Crippen MR) is 165 cm³/mol. The smallest absolute Gasteiger partial charge is 0.289 e. The number of rotatable bonds is 12. The highest BCUT2D eigenvalue weighted by Crippen LogP contribution is 2.31. The molecule has 10 nitrogen and oxygen atoms in total. The summed E-state index contributed by atoms with van der Waals surface area (Å²) in [6.45, 7) is 0.575. The van der Waals surface area contributed by atoms with Crippen LogP contribution in [0.4, 0.5) is 0 Å². The summed E-state index contributed by atoms with van der Waals surface area (Å²) in [6.07, 6.45) is 13.4. The van der Waals surface area contributed by atoms with Gasteiger partial charge in [-0.3, -0.25) is 29.0 Å². The van der Waals surface area contributed by atoms with Crippen molar-refractivity contribution in [2.45, 2.75) is 108 Å². The van der Waals surface area contributed by atoms with Gasteiger partial charge in [-0.05, 0) is 56.6 Å². The highest BCUT2D eigenvalue weighted by molar-refractivity contribution is 6.38. The average molecular weight is 604 g/mol. The van der Waals surface area contributed by atoms with Crippen LogP contribution in [0.2, 0.25) is 0 Å². The van der Waals surface area contributed by atoms with Crippen LogP contribution in [0.5, 0.6) is 0 Å². The third kappa shape index (κ3) is 8.48. The molecule has 0 bridgehead atoms. The highest BCUT2D eigenvalue weighted by atomic mass is 16.2. The fourth-order valence-electron chi connectivity index (χ4n) is 7.06. The number of hydrogen-bond donors (Lipinski definition) is 3. The minimum absolute atomic E-state index is 0.0503. The molecule has 10 heteroatoms. The minimum Gasteiger partial charge on any atom is -0.356 e. The lowest BCUT2D eigenvalue weighted by molar-refractivity contribution is -0.142. The van der Waals surface area contributed by atoms with Crippen LogP contribution >= 0.6 is 0 Å². The van der Waals surface area contributed by atoms with Crippen molar-refractivity contribution in [2.24, 2.45) is 17.8 Å².